The summed E-state index contributed by atoms with van der Waals surface area (Å²) in [5, 5.41) is 8.66. The summed E-state index contributed by atoms with van der Waals surface area (Å²) in [5.74, 6) is 0.0657. The van der Waals surface area contributed by atoms with Crippen molar-refractivity contribution in [3.8, 4) is 17.0 Å². The first-order valence-corrected chi connectivity index (χ1v) is 11.6. The zero-order valence-corrected chi connectivity index (χ0v) is 19.3. The molecule has 0 fully saturated rings. The number of benzene rings is 2. The van der Waals surface area contributed by atoms with Gasteiger partial charge in [0.1, 0.15) is 11.3 Å². The third-order valence-corrected chi connectivity index (χ3v) is 5.74. The molecule has 34 heavy (non-hydrogen) atoms. The minimum atomic E-state index is -0.446. The lowest BCUT2D eigenvalue weighted by Crippen LogP contribution is -2.21. The topological polar surface area (TPSA) is 111 Å². The van der Waals surface area contributed by atoms with E-state index in [-0.39, 0.29) is 18.4 Å². The second-order valence-electron chi connectivity index (χ2n) is 7.61. The number of aromatic nitrogens is 1. The van der Waals surface area contributed by atoms with Gasteiger partial charge >= 0.3 is 5.63 Å². The van der Waals surface area contributed by atoms with Crippen molar-refractivity contribution in [2.75, 3.05) is 18.5 Å². The van der Waals surface area contributed by atoms with Crippen LogP contribution in [0.1, 0.15) is 18.9 Å². The highest BCUT2D eigenvalue weighted by molar-refractivity contribution is 7.14. The molecule has 0 unspecified atom stereocenters. The summed E-state index contributed by atoms with van der Waals surface area (Å²) in [7, 11) is 0. The monoisotopic (exact) mass is 477 g/mol. The van der Waals surface area contributed by atoms with Crippen LogP contribution in [0.4, 0.5) is 5.13 Å². The Balaban J connectivity index is 1.29. The van der Waals surface area contributed by atoms with Crippen LogP contribution >= 0.6 is 11.3 Å². The number of thiazole rings is 1. The summed E-state index contributed by atoms with van der Waals surface area (Å²) in [6.45, 7) is 1.97. The van der Waals surface area contributed by atoms with E-state index in [4.69, 9.17) is 9.15 Å². The van der Waals surface area contributed by atoms with E-state index in [2.05, 4.69) is 15.6 Å². The van der Waals surface area contributed by atoms with Crippen molar-refractivity contribution in [1.29, 1.82) is 0 Å². The van der Waals surface area contributed by atoms with Gasteiger partial charge in [0, 0.05) is 41.9 Å². The normalized spacial score (nSPS) is 10.7. The molecule has 2 aromatic heterocycles. The highest BCUT2D eigenvalue weighted by atomic mass is 32.1. The summed E-state index contributed by atoms with van der Waals surface area (Å²) >= 11 is 1.33. The summed E-state index contributed by atoms with van der Waals surface area (Å²) in [6, 6.07) is 16.1. The lowest BCUT2D eigenvalue weighted by Gasteiger charge is -2.06. The fourth-order valence-electron chi connectivity index (χ4n) is 3.30. The Kier molecular flexibility index (Phi) is 7.34. The third-order valence-electron chi connectivity index (χ3n) is 4.98. The van der Waals surface area contributed by atoms with Crippen LogP contribution in [-0.2, 0) is 16.0 Å². The predicted molar refractivity (Wildman–Crippen MR) is 131 cm³/mol. The van der Waals surface area contributed by atoms with Crippen molar-refractivity contribution in [1.82, 2.24) is 10.3 Å². The number of hydrogen-bond acceptors (Lipinski definition) is 7. The standard InChI is InChI=1S/C25H23N3O5S/c1-16(29)26-12-2-3-17-4-6-18(7-5-17)21-15-34-25(27-21)28-23(30)14-32-20-10-8-19-9-11-24(31)33-22(19)13-20/h4-11,13,15H,2-3,12,14H2,1H3,(H,26,29)(H,27,28,30). The molecule has 2 aromatic carbocycles. The van der Waals surface area contributed by atoms with Crippen molar-refractivity contribution in [3.63, 3.8) is 0 Å². The number of nitrogens with zero attached hydrogens (tertiary/aromatic N) is 1. The van der Waals surface area contributed by atoms with Crippen LogP contribution in [0.25, 0.3) is 22.2 Å². The molecule has 0 radical (unpaired) electrons. The van der Waals surface area contributed by atoms with Gasteiger partial charge in [0.2, 0.25) is 5.91 Å². The van der Waals surface area contributed by atoms with Gasteiger partial charge < -0.3 is 14.5 Å². The molecule has 2 amide bonds. The first-order chi connectivity index (χ1) is 16.5. The van der Waals surface area contributed by atoms with Gasteiger partial charge in [-0.05, 0) is 36.6 Å². The molecule has 0 aliphatic rings. The van der Waals surface area contributed by atoms with E-state index in [0.717, 1.165) is 29.5 Å². The zero-order chi connectivity index (χ0) is 23.9. The van der Waals surface area contributed by atoms with Gasteiger partial charge in [-0.1, -0.05) is 24.3 Å². The van der Waals surface area contributed by atoms with Gasteiger partial charge in [0.25, 0.3) is 5.91 Å². The van der Waals surface area contributed by atoms with E-state index in [1.54, 1.807) is 24.3 Å². The Morgan fingerprint density at radius 1 is 1.09 bits per heavy atom. The van der Waals surface area contributed by atoms with Crippen molar-refractivity contribution >= 4 is 39.3 Å². The van der Waals surface area contributed by atoms with Crippen LogP contribution in [-0.4, -0.2) is 29.9 Å². The highest BCUT2D eigenvalue weighted by Crippen LogP contribution is 2.25. The number of fused-ring (bicyclic) bond motifs is 1. The molecule has 4 aromatic rings. The molecule has 0 atom stereocenters. The Morgan fingerprint density at radius 2 is 1.88 bits per heavy atom. The molecule has 0 aliphatic carbocycles. The smallest absolute Gasteiger partial charge is 0.336 e. The number of carbonyl (C=O) groups excluding carboxylic acids is 2. The van der Waals surface area contributed by atoms with Gasteiger partial charge in [0.05, 0.1) is 5.69 Å². The zero-order valence-electron chi connectivity index (χ0n) is 18.5. The first kappa shape index (κ1) is 23.2. The van der Waals surface area contributed by atoms with E-state index in [9.17, 15) is 14.4 Å². The number of hydrogen-bond donors (Lipinski definition) is 2. The van der Waals surface area contributed by atoms with Crippen LogP contribution in [0.15, 0.2) is 69.2 Å². The number of aryl methyl sites for hydroxylation is 1. The van der Waals surface area contributed by atoms with Gasteiger partial charge in [-0.2, -0.15) is 0 Å². The van der Waals surface area contributed by atoms with Crippen molar-refractivity contribution < 1.29 is 18.7 Å². The van der Waals surface area contributed by atoms with Gasteiger partial charge in [-0.25, -0.2) is 9.78 Å². The molecule has 4 rings (SSSR count). The van der Waals surface area contributed by atoms with Crippen molar-refractivity contribution in [3.05, 3.63) is 76.0 Å². The quantitative estimate of drug-likeness (QED) is 0.278. The lowest BCUT2D eigenvalue weighted by molar-refractivity contribution is -0.119. The average Bonchev–Trinajstić information content (AvgIpc) is 3.29. The minimum Gasteiger partial charge on any atom is -0.484 e. The van der Waals surface area contributed by atoms with Gasteiger partial charge in [0.15, 0.2) is 11.7 Å². The van der Waals surface area contributed by atoms with Gasteiger partial charge in [-0.3, -0.25) is 14.9 Å². The van der Waals surface area contributed by atoms with E-state index in [0.29, 0.717) is 23.0 Å². The number of nitrogens with one attached hydrogen (secondary N) is 2. The number of anilines is 1. The third kappa shape index (κ3) is 6.29. The summed E-state index contributed by atoms with van der Waals surface area (Å²) < 4.78 is 10.7. The van der Waals surface area contributed by atoms with Gasteiger partial charge in [-0.15, -0.1) is 11.3 Å². The maximum Gasteiger partial charge on any atom is 0.336 e. The van der Waals surface area contributed by atoms with E-state index >= 15 is 0 Å². The molecule has 0 spiro atoms. The number of amides is 2. The summed E-state index contributed by atoms with van der Waals surface area (Å²) in [4.78, 5) is 39.1. The molecule has 0 saturated heterocycles. The number of rotatable bonds is 9. The van der Waals surface area contributed by atoms with E-state index in [1.807, 2.05) is 29.6 Å². The summed E-state index contributed by atoms with van der Waals surface area (Å²) in [5.41, 5.74) is 2.86. The molecule has 174 valence electrons. The fraction of sp³-hybridized carbons (Fsp3) is 0.200. The molecular formula is C25H23N3O5S. The molecule has 0 bridgehead atoms. The summed E-state index contributed by atoms with van der Waals surface area (Å²) in [6.07, 6.45) is 1.75. The van der Waals surface area contributed by atoms with E-state index < -0.39 is 5.63 Å². The Hall–Kier alpha value is -3.98. The van der Waals surface area contributed by atoms with Crippen LogP contribution in [0.5, 0.6) is 5.75 Å². The molecule has 0 aliphatic heterocycles. The number of carbonyl (C=O) groups is 2. The van der Waals surface area contributed by atoms with Crippen LogP contribution in [0.3, 0.4) is 0 Å². The van der Waals surface area contributed by atoms with Crippen LogP contribution in [0, 0.1) is 0 Å². The Bertz CT molecular complexity index is 1360. The molecule has 0 saturated carbocycles. The molecule has 8 nitrogen and oxygen atoms in total. The number of ether oxygens (including phenoxy) is 1. The van der Waals surface area contributed by atoms with Crippen molar-refractivity contribution in [2.45, 2.75) is 19.8 Å². The fourth-order valence-corrected chi connectivity index (χ4v) is 4.03. The second kappa shape index (κ2) is 10.8. The molecular weight excluding hydrogens is 454 g/mol. The Morgan fingerprint density at radius 3 is 2.68 bits per heavy atom. The average molecular weight is 478 g/mol. The van der Waals surface area contributed by atoms with Crippen molar-refractivity contribution in [2.24, 2.45) is 0 Å². The Labute approximate surface area is 199 Å². The first-order valence-electron chi connectivity index (χ1n) is 10.7. The maximum absolute atomic E-state index is 12.3. The minimum absolute atomic E-state index is 0.0168. The molecule has 2 N–H and O–H groups in total. The second-order valence-corrected chi connectivity index (χ2v) is 8.47. The lowest BCUT2D eigenvalue weighted by atomic mass is 10.1. The SMILES string of the molecule is CC(=O)NCCCc1ccc(-c2csc(NC(=O)COc3ccc4ccc(=O)oc4c3)n2)cc1. The predicted octanol–water partition coefficient (Wildman–Crippen LogP) is 4.00. The molecule has 2 heterocycles. The highest BCUT2D eigenvalue weighted by Gasteiger charge is 2.10. The van der Waals surface area contributed by atoms with Crippen LogP contribution in [0.2, 0.25) is 0 Å². The largest absolute Gasteiger partial charge is 0.484 e. The van der Waals surface area contributed by atoms with Crippen LogP contribution < -0.4 is 21.0 Å². The van der Waals surface area contributed by atoms with E-state index in [1.165, 1.54) is 29.9 Å². The molecule has 9 heteroatoms. The maximum atomic E-state index is 12.3.